The Hall–Kier alpha value is -6.38. The van der Waals surface area contributed by atoms with Gasteiger partial charge in [0.2, 0.25) is 0 Å². The minimum Gasteiger partial charge on any atom is -0.484 e. The van der Waals surface area contributed by atoms with Gasteiger partial charge in [-0.3, -0.25) is 0 Å². The van der Waals surface area contributed by atoms with E-state index >= 15 is 0 Å². The van der Waals surface area contributed by atoms with Gasteiger partial charge in [-0.25, -0.2) is 0 Å². The largest absolute Gasteiger partial charge is 0.484 e. The second-order valence-electron chi connectivity index (χ2n) is 16.8. The monoisotopic (exact) mass is 721 g/mol. The fourth-order valence-electron chi connectivity index (χ4n) is 10.2. The van der Waals surface area contributed by atoms with Crippen molar-refractivity contribution in [3.05, 3.63) is 209 Å². The highest BCUT2D eigenvalue weighted by Crippen LogP contribution is 2.57. The van der Waals surface area contributed by atoms with Crippen LogP contribution in [0.4, 0.5) is 17.1 Å². The summed E-state index contributed by atoms with van der Waals surface area (Å²) in [7, 11) is 0. The van der Waals surface area contributed by atoms with Crippen molar-refractivity contribution < 1.29 is 4.74 Å². The van der Waals surface area contributed by atoms with Gasteiger partial charge in [-0.05, 0) is 92.0 Å². The first-order chi connectivity index (χ1) is 27.3. The molecule has 1 aliphatic heterocycles. The summed E-state index contributed by atoms with van der Waals surface area (Å²) >= 11 is 0. The molecular weight excluding hydrogens is 679 g/mol. The maximum Gasteiger partial charge on any atom is 0.135 e. The van der Waals surface area contributed by atoms with Crippen LogP contribution in [0.25, 0.3) is 39.0 Å². The molecule has 3 aliphatic carbocycles. The second-order valence-corrected chi connectivity index (χ2v) is 16.8. The van der Waals surface area contributed by atoms with Crippen molar-refractivity contribution in [2.45, 2.75) is 50.5 Å². The Morgan fingerprint density at radius 2 is 1.04 bits per heavy atom. The Balaban J connectivity index is 0.980. The van der Waals surface area contributed by atoms with E-state index in [0.717, 1.165) is 33.9 Å². The first kappa shape index (κ1) is 33.0. The van der Waals surface area contributed by atoms with Gasteiger partial charge in [0.1, 0.15) is 11.9 Å². The molecule has 0 bridgehead atoms. The maximum atomic E-state index is 7.09. The van der Waals surface area contributed by atoms with Crippen LogP contribution >= 0.6 is 0 Å². The quantitative estimate of drug-likeness (QED) is 0.175. The maximum absolute atomic E-state index is 7.09. The molecule has 0 aromatic heterocycles. The highest BCUT2D eigenvalue weighted by Gasteiger charge is 2.47. The van der Waals surface area contributed by atoms with Crippen molar-refractivity contribution in [3.63, 3.8) is 0 Å². The number of para-hydroxylation sites is 1. The van der Waals surface area contributed by atoms with Gasteiger partial charge in [0.15, 0.2) is 0 Å². The van der Waals surface area contributed by atoms with Crippen molar-refractivity contribution in [2.75, 3.05) is 4.90 Å². The number of fused-ring (bicyclic) bond motifs is 9. The molecule has 0 saturated heterocycles. The molecule has 1 heterocycles. The third-order valence-corrected chi connectivity index (χ3v) is 13.1. The van der Waals surface area contributed by atoms with Crippen molar-refractivity contribution in [3.8, 4) is 39.1 Å². The van der Waals surface area contributed by atoms with Crippen molar-refractivity contribution in [1.29, 1.82) is 0 Å². The average Bonchev–Trinajstić information content (AvgIpc) is 3.82. The Morgan fingerprint density at radius 3 is 1.77 bits per heavy atom. The zero-order valence-electron chi connectivity index (χ0n) is 32.3. The Labute approximate surface area is 330 Å². The fraction of sp³-hybridized carbons (Fsp3) is 0.148. The summed E-state index contributed by atoms with van der Waals surface area (Å²) in [5.41, 5.74) is 20.1. The number of anilines is 3. The molecule has 7 aromatic rings. The zero-order chi connectivity index (χ0) is 37.8. The van der Waals surface area contributed by atoms with Crippen LogP contribution in [0.5, 0.6) is 5.75 Å². The standard InChI is InChI=1S/C54H43NO/c1-53(2)47-20-11-9-16-45(47)50-48(53)32-31-44-43-18-12-17-40(51(43)56-52(44)50)36-23-27-38(28-24-36)55(37-25-21-35(22-26-37)34-13-6-5-7-14-34)39-29-30-42-41-15-8-10-19-46(41)54(3,4)49(42)33-39/h5-33,44,52H,1-4H3. The fourth-order valence-corrected chi connectivity index (χ4v) is 10.2. The van der Waals surface area contributed by atoms with Crippen LogP contribution in [-0.2, 0) is 10.8 Å². The molecule has 4 aliphatic rings. The van der Waals surface area contributed by atoms with Crippen LogP contribution in [0.3, 0.4) is 0 Å². The number of nitrogens with zero attached hydrogens (tertiary/aromatic N) is 1. The van der Waals surface area contributed by atoms with Gasteiger partial charge in [0.05, 0.1) is 0 Å². The van der Waals surface area contributed by atoms with Crippen LogP contribution in [0, 0.1) is 0 Å². The molecule has 0 amide bonds. The minimum atomic E-state index is -0.0954. The summed E-state index contributed by atoms with van der Waals surface area (Å²) in [6, 6.07) is 60.1. The van der Waals surface area contributed by atoms with Gasteiger partial charge in [0, 0.05) is 50.5 Å². The average molecular weight is 722 g/mol. The molecule has 0 N–H and O–H groups in total. The van der Waals surface area contributed by atoms with Crippen molar-refractivity contribution >= 4 is 22.6 Å². The molecule has 2 heteroatoms. The van der Waals surface area contributed by atoms with Gasteiger partial charge in [0.25, 0.3) is 0 Å². The molecular formula is C54H43NO. The number of rotatable bonds is 5. The third-order valence-electron chi connectivity index (χ3n) is 13.1. The lowest BCUT2D eigenvalue weighted by Crippen LogP contribution is -2.24. The van der Waals surface area contributed by atoms with E-state index in [4.69, 9.17) is 4.74 Å². The molecule has 270 valence electrons. The van der Waals surface area contributed by atoms with E-state index < -0.39 is 0 Å². The van der Waals surface area contributed by atoms with Crippen molar-refractivity contribution in [2.24, 2.45) is 0 Å². The number of hydrogen-bond acceptors (Lipinski definition) is 2. The first-order valence-corrected chi connectivity index (χ1v) is 19.9. The molecule has 56 heavy (non-hydrogen) atoms. The molecule has 11 rings (SSSR count). The van der Waals surface area contributed by atoms with Gasteiger partial charge in [-0.1, -0.05) is 167 Å². The third kappa shape index (κ3) is 4.75. The SMILES string of the molecule is CC1(C)C2=C(c3ccccc31)C1Oc3c(-c4ccc(N(c5ccc(-c6ccccc6)cc5)c5ccc6c(c5)C(C)(C)c5ccccc5-6)cc4)cccc3C1C=C2. The van der Waals surface area contributed by atoms with E-state index in [1.807, 2.05) is 0 Å². The highest BCUT2D eigenvalue weighted by molar-refractivity contribution is 5.90. The van der Waals surface area contributed by atoms with Gasteiger partial charge in [-0.15, -0.1) is 0 Å². The van der Waals surface area contributed by atoms with Gasteiger partial charge >= 0.3 is 0 Å². The van der Waals surface area contributed by atoms with E-state index in [0.29, 0.717) is 0 Å². The Morgan fingerprint density at radius 1 is 0.464 bits per heavy atom. The zero-order valence-corrected chi connectivity index (χ0v) is 32.3. The molecule has 0 spiro atoms. The Kier molecular flexibility index (Phi) is 7.11. The van der Waals surface area contributed by atoms with Crippen LogP contribution in [-0.4, -0.2) is 6.10 Å². The lowest BCUT2D eigenvalue weighted by Gasteiger charge is -2.28. The summed E-state index contributed by atoms with van der Waals surface area (Å²) in [6.45, 7) is 9.39. The van der Waals surface area contributed by atoms with E-state index in [1.54, 1.807) is 0 Å². The van der Waals surface area contributed by atoms with E-state index in [1.165, 1.54) is 61.2 Å². The topological polar surface area (TPSA) is 12.5 Å². The summed E-state index contributed by atoms with van der Waals surface area (Å²) in [4.78, 5) is 2.40. The molecule has 2 unspecified atom stereocenters. The van der Waals surface area contributed by atoms with Crippen LogP contribution < -0.4 is 9.64 Å². The van der Waals surface area contributed by atoms with Crippen LogP contribution in [0.15, 0.2) is 182 Å². The summed E-state index contributed by atoms with van der Waals surface area (Å²) < 4.78 is 7.09. The van der Waals surface area contributed by atoms with Crippen LogP contribution in [0.2, 0.25) is 0 Å². The molecule has 0 saturated carbocycles. The lowest BCUT2D eigenvalue weighted by atomic mass is 9.77. The highest BCUT2D eigenvalue weighted by atomic mass is 16.5. The number of ether oxygens (including phenoxy) is 1. The number of allylic oxidation sites excluding steroid dienone is 2. The summed E-state index contributed by atoms with van der Waals surface area (Å²) in [6.07, 6.45) is 4.72. The molecule has 0 radical (unpaired) electrons. The van der Waals surface area contributed by atoms with Crippen molar-refractivity contribution in [1.82, 2.24) is 0 Å². The minimum absolute atomic E-state index is 0.0297. The predicted molar refractivity (Wildman–Crippen MR) is 232 cm³/mol. The van der Waals surface area contributed by atoms with E-state index in [9.17, 15) is 0 Å². The second kappa shape index (κ2) is 12.1. The normalized spacial score (nSPS) is 18.6. The van der Waals surface area contributed by atoms with Crippen LogP contribution in [0.1, 0.15) is 61.4 Å². The lowest BCUT2D eigenvalue weighted by molar-refractivity contribution is 0.278. The molecule has 0 fully saturated rings. The van der Waals surface area contributed by atoms with E-state index in [2.05, 4.69) is 209 Å². The molecule has 2 nitrogen and oxygen atoms in total. The Bertz CT molecular complexity index is 2770. The smallest absolute Gasteiger partial charge is 0.135 e. The number of benzene rings is 7. The molecule has 7 aromatic carbocycles. The first-order valence-electron chi connectivity index (χ1n) is 19.9. The predicted octanol–water partition coefficient (Wildman–Crippen LogP) is 14.0. The molecule has 2 atom stereocenters. The summed E-state index contributed by atoms with van der Waals surface area (Å²) in [5, 5.41) is 0. The van der Waals surface area contributed by atoms with Gasteiger partial charge < -0.3 is 9.64 Å². The van der Waals surface area contributed by atoms with Gasteiger partial charge in [-0.2, -0.15) is 0 Å². The van der Waals surface area contributed by atoms with E-state index in [-0.39, 0.29) is 22.9 Å². The summed E-state index contributed by atoms with van der Waals surface area (Å²) in [5.74, 6) is 1.19. The number of hydrogen-bond donors (Lipinski definition) is 0.